The van der Waals surface area contributed by atoms with E-state index < -0.39 is 5.82 Å². The van der Waals surface area contributed by atoms with Gasteiger partial charge < -0.3 is 30.7 Å². The van der Waals surface area contributed by atoms with Crippen LogP contribution in [0.25, 0.3) is 10.2 Å². The molecular formula is C30H26FN5O3S2. The van der Waals surface area contributed by atoms with E-state index in [2.05, 4.69) is 26.3 Å². The van der Waals surface area contributed by atoms with Crippen molar-refractivity contribution in [1.29, 1.82) is 0 Å². The van der Waals surface area contributed by atoms with Gasteiger partial charge in [-0.25, -0.2) is 4.39 Å². The Kier molecular flexibility index (Phi) is 8.56. The summed E-state index contributed by atoms with van der Waals surface area (Å²) in [6, 6.07) is 23.2. The normalized spacial score (nSPS) is 10.6. The van der Waals surface area contributed by atoms with Crippen LogP contribution in [0, 0.1) is 5.82 Å². The van der Waals surface area contributed by atoms with Crippen LogP contribution in [0.4, 0.5) is 32.1 Å². The number of benzene rings is 3. The first-order chi connectivity index (χ1) is 19.9. The number of hydrogen-bond donors (Lipinski definition) is 4. The highest BCUT2D eigenvalue weighted by atomic mass is 32.1. The fourth-order valence-corrected chi connectivity index (χ4v) is 5.37. The van der Waals surface area contributed by atoms with E-state index in [1.165, 1.54) is 17.4 Å². The minimum atomic E-state index is -0.491. The van der Waals surface area contributed by atoms with E-state index in [0.29, 0.717) is 11.4 Å². The number of carbonyl (C=O) groups is 1. The number of para-hydroxylation sites is 1. The molecule has 0 radical (unpaired) electrons. The Labute approximate surface area is 245 Å². The Hall–Kier alpha value is -4.74. The topological polar surface area (TPSA) is 96.5 Å². The second-order valence-electron chi connectivity index (χ2n) is 8.85. The van der Waals surface area contributed by atoms with Crippen LogP contribution < -0.4 is 30.7 Å². The molecule has 0 aliphatic carbocycles. The Balaban J connectivity index is 1.24. The van der Waals surface area contributed by atoms with Gasteiger partial charge in [0.05, 0.1) is 47.2 Å². The summed E-state index contributed by atoms with van der Waals surface area (Å²) in [5.74, 6) is 0.559. The minimum absolute atomic E-state index is 0.0653. The number of nitrogens with zero attached hydrogens (tertiary/aromatic N) is 1. The number of ether oxygens (including phenoxy) is 2. The average Bonchev–Trinajstić information content (AvgIpc) is 3.38. The van der Waals surface area contributed by atoms with Crippen molar-refractivity contribution >= 4 is 72.5 Å². The van der Waals surface area contributed by atoms with Gasteiger partial charge in [0.15, 0.2) is 5.11 Å². The van der Waals surface area contributed by atoms with Gasteiger partial charge in [0.25, 0.3) is 0 Å². The summed E-state index contributed by atoms with van der Waals surface area (Å²) in [6.45, 7) is 0. The summed E-state index contributed by atoms with van der Waals surface area (Å²) in [4.78, 5) is 16.9. The summed E-state index contributed by atoms with van der Waals surface area (Å²) in [6.07, 6.45) is 1.76. The Morgan fingerprint density at radius 2 is 1.78 bits per heavy atom. The second kappa shape index (κ2) is 12.6. The van der Waals surface area contributed by atoms with E-state index >= 15 is 4.39 Å². The van der Waals surface area contributed by atoms with Crippen LogP contribution in [0.5, 0.6) is 11.5 Å². The molecule has 0 bridgehead atoms. The molecule has 4 N–H and O–H groups in total. The highest BCUT2D eigenvalue weighted by Gasteiger charge is 2.13. The zero-order valence-electron chi connectivity index (χ0n) is 22.2. The SMILES string of the molecule is COc1cccc(Nc2cc3nccc(Nc4ccc(NC(=S)NC(=O)Cc5ccccc5OC)cc4F)c3s2)c1. The highest BCUT2D eigenvalue weighted by Crippen LogP contribution is 2.37. The Bertz CT molecular complexity index is 1730. The first-order valence-corrected chi connectivity index (χ1v) is 13.7. The molecule has 0 spiro atoms. The number of methoxy groups -OCH3 is 2. The van der Waals surface area contributed by atoms with Crippen molar-refractivity contribution in [1.82, 2.24) is 10.3 Å². The van der Waals surface area contributed by atoms with Crippen LogP contribution in [0.3, 0.4) is 0 Å². The number of nitrogens with one attached hydrogen (secondary N) is 4. The molecule has 208 valence electrons. The third kappa shape index (κ3) is 6.89. The maximum atomic E-state index is 15.1. The lowest BCUT2D eigenvalue weighted by molar-refractivity contribution is -0.119. The summed E-state index contributed by atoms with van der Waals surface area (Å²) >= 11 is 6.76. The van der Waals surface area contributed by atoms with Gasteiger partial charge in [-0.2, -0.15) is 0 Å². The molecule has 5 aromatic rings. The minimum Gasteiger partial charge on any atom is -0.497 e. The van der Waals surface area contributed by atoms with Crippen molar-refractivity contribution in [2.45, 2.75) is 6.42 Å². The molecule has 5 rings (SSSR count). The first kappa shape index (κ1) is 27.8. The van der Waals surface area contributed by atoms with Crippen molar-refractivity contribution < 1.29 is 18.7 Å². The largest absolute Gasteiger partial charge is 0.497 e. The van der Waals surface area contributed by atoms with Crippen LogP contribution >= 0.6 is 23.6 Å². The van der Waals surface area contributed by atoms with E-state index in [4.69, 9.17) is 21.7 Å². The number of halogens is 1. The highest BCUT2D eigenvalue weighted by molar-refractivity contribution is 7.80. The number of amides is 1. The number of hydrogen-bond acceptors (Lipinski definition) is 8. The van der Waals surface area contributed by atoms with Gasteiger partial charge in [-0.15, -0.1) is 11.3 Å². The van der Waals surface area contributed by atoms with Gasteiger partial charge >= 0.3 is 0 Å². The van der Waals surface area contributed by atoms with Gasteiger partial charge in [-0.05, 0) is 60.7 Å². The lowest BCUT2D eigenvalue weighted by Gasteiger charge is -2.13. The molecule has 0 saturated heterocycles. The van der Waals surface area contributed by atoms with Crippen molar-refractivity contribution in [2.75, 3.05) is 30.2 Å². The van der Waals surface area contributed by atoms with Gasteiger partial charge in [0.1, 0.15) is 17.3 Å². The summed E-state index contributed by atoms with van der Waals surface area (Å²) in [5.41, 5.74) is 3.79. The van der Waals surface area contributed by atoms with Gasteiger partial charge in [-0.3, -0.25) is 9.78 Å². The molecule has 0 fully saturated rings. The van der Waals surface area contributed by atoms with E-state index in [-0.39, 0.29) is 23.1 Å². The molecule has 0 aliphatic rings. The number of thiophene rings is 1. The monoisotopic (exact) mass is 587 g/mol. The van der Waals surface area contributed by atoms with Crippen molar-refractivity contribution in [3.8, 4) is 11.5 Å². The smallest absolute Gasteiger partial charge is 0.230 e. The zero-order valence-corrected chi connectivity index (χ0v) is 23.8. The molecule has 1 amide bonds. The number of rotatable bonds is 9. The van der Waals surface area contributed by atoms with Gasteiger partial charge in [0.2, 0.25) is 5.91 Å². The average molecular weight is 588 g/mol. The number of thiocarbonyl (C=S) groups is 1. The predicted octanol–water partition coefficient (Wildman–Crippen LogP) is 7.00. The number of anilines is 5. The van der Waals surface area contributed by atoms with Crippen molar-refractivity contribution in [2.24, 2.45) is 0 Å². The third-order valence-corrected chi connectivity index (χ3v) is 7.32. The summed E-state index contributed by atoms with van der Waals surface area (Å²) in [7, 11) is 3.17. The predicted molar refractivity (Wildman–Crippen MR) is 167 cm³/mol. The van der Waals surface area contributed by atoms with Crippen molar-refractivity contribution in [3.63, 3.8) is 0 Å². The van der Waals surface area contributed by atoms with Gasteiger partial charge in [-0.1, -0.05) is 24.3 Å². The van der Waals surface area contributed by atoms with Crippen LogP contribution in [-0.4, -0.2) is 30.2 Å². The summed E-state index contributed by atoms with van der Waals surface area (Å²) < 4.78 is 26.6. The molecule has 3 aromatic carbocycles. The molecule has 2 aromatic heterocycles. The van der Waals surface area contributed by atoms with Gasteiger partial charge in [0, 0.05) is 29.2 Å². The molecule has 0 unspecified atom stereocenters. The summed E-state index contributed by atoms with van der Waals surface area (Å²) in [5, 5.41) is 13.0. The molecule has 0 atom stereocenters. The van der Waals surface area contributed by atoms with E-state index in [1.54, 1.807) is 50.7 Å². The first-order valence-electron chi connectivity index (χ1n) is 12.5. The quantitative estimate of drug-likeness (QED) is 0.137. The maximum Gasteiger partial charge on any atom is 0.230 e. The van der Waals surface area contributed by atoms with E-state index in [1.807, 2.05) is 42.5 Å². The standard InChI is InChI=1S/C30H26FN5O3S2/c1-38-21-8-5-7-19(15-21)33-28-17-25-29(41-28)24(12-13-32-25)35-23-11-10-20(16-22(23)31)34-30(40)36-27(37)14-18-6-3-4-9-26(18)39-2/h3-13,15-17,33H,14H2,1-2H3,(H,32,35)(H2,34,36,37,40). The number of carbonyl (C=O) groups excluding carboxylic acids is 1. The lowest BCUT2D eigenvalue weighted by Crippen LogP contribution is -2.35. The number of fused-ring (bicyclic) bond motifs is 1. The molecule has 41 heavy (non-hydrogen) atoms. The fourth-order valence-electron chi connectivity index (χ4n) is 4.14. The third-order valence-electron chi connectivity index (χ3n) is 6.04. The van der Waals surface area contributed by atoms with E-state index in [0.717, 1.165) is 37.9 Å². The molecule has 11 heteroatoms. The Morgan fingerprint density at radius 3 is 2.59 bits per heavy atom. The number of pyridine rings is 1. The molecular weight excluding hydrogens is 561 g/mol. The molecule has 2 heterocycles. The Morgan fingerprint density at radius 1 is 0.927 bits per heavy atom. The molecule has 0 aliphatic heterocycles. The number of aromatic nitrogens is 1. The second-order valence-corrected chi connectivity index (χ2v) is 10.3. The maximum absolute atomic E-state index is 15.1. The van der Waals surface area contributed by atoms with Crippen LogP contribution in [0.1, 0.15) is 5.56 Å². The van der Waals surface area contributed by atoms with Crippen LogP contribution in [0.15, 0.2) is 85.1 Å². The molecule has 0 saturated carbocycles. The lowest BCUT2D eigenvalue weighted by atomic mass is 10.1. The zero-order chi connectivity index (χ0) is 28.8. The van der Waals surface area contributed by atoms with Crippen molar-refractivity contribution in [3.05, 3.63) is 96.4 Å². The van der Waals surface area contributed by atoms with Crippen LogP contribution in [-0.2, 0) is 11.2 Å². The fraction of sp³-hybridized carbons (Fsp3) is 0.100. The molecule has 8 nitrogen and oxygen atoms in total. The van der Waals surface area contributed by atoms with E-state index in [9.17, 15) is 4.79 Å². The van der Waals surface area contributed by atoms with Crippen LogP contribution in [0.2, 0.25) is 0 Å².